The standard InChI is InChI=1S/C12H14BrClO/c1-2-9-3-4-11(10(7-9)8-14)12(15)5-6-13/h3-4,7H,2,5-6,8H2,1H3. The number of rotatable bonds is 5. The number of hydrogen-bond acceptors (Lipinski definition) is 1. The Morgan fingerprint density at radius 1 is 1.47 bits per heavy atom. The Bertz CT molecular complexity index is 349. The van der Waals surface area contributed by atoms with Crippen LogP contribution in [-0.2, 0) is 12.3 Å². The molecule has 0 fully saturated rings. The highest BCUT2D eigenvalue weighted by Crippen LogP contribution is 2.17. The molecule has 0 aromatic heterocycles. The van der Waals surface area contributed by atoms with E-state index in [0.29, 0.717) is 17.6 Å². The third-order valence-electron chi connectivity index (χ3n) is 2.34. The minimum absolute atomic E-state index is 0.158. The third kappa shape index (κ3) is 3.32. The van der Waals surface area contributed by atoms with Crippen LogP contribution in [-0.4, -0.2) is 11.1 Å². The normalized spacial score (nSPS) is 10.3. The van der Waals surface area contributed by atoms with Gasteiger partial charge in [0, 0.05) is 23.2 Å². The summed E-state index contributed by atoms with van der Waals surface area (Å²) in [4.78, 5) is 11.7. The largest absolute Gasteiger partial charge is 0.294 e. The van der Waals surface area contributed by atoms with Crippen molar-refractivity contribution in [2.75, 3.05) is 5.33 Å². The van der Waals surface area contributed by atoms with Gasteiger partial charge in [-0.25, -0.2) is 0 Å². The first-order valence-corrected chi connectivity index (χ1v) is 6.65. The van der Waals surface area contributed by atoms with E-state index in [0.717, 1.165) is 17.5 Å². The number of alkyl halides is 2. The van der Waals surface area contributed by atoms with E-state index < -0.39 is 0 Å². The zero-order valence-electron chi connectivity index (χ0n) is 8.72. The van der Waals surface area contributed by atoms with E-state index in [2.05, 4.69) is 22.9 Å². The summed E-state index contributed by atoms with van der Waals surface area (Å²) in [5.74, 6) is 0.558. The van der Waals surface area contributed by atoms with Gasteiger partial charge in [-0.15, -0.1) is 11.6 Å². The van der Waals surface area contributed by atoms with Crippen molar-refractivity contribution in [2.24, 2.45) is 0 Å². The summed E-state index contributed by atoms with van der Waals surface area (Å²) >= 11 is 9.11. The Labute approximate surface area is 104 Å². The van der Waals surface area contributed by atoms with E-state index in [-0.39, 0.29) is 5.78 Å². The zero-order chi connectivity index (χ0) is 11.3. The van der Waals surface area contributed by atoms with Crippen LogP contribution in [0.2, 0.25) is 0 Å². The first-order chi connectivity index (χ1) is 7.22. The second-order valence-electron chi connectivity index (χ2n) is 3.34. The van der Waals surface area contributed by atoms with Crippen LogP contribution in [0.25, 0.3) is 0 Å². The summed E-state index contributed by atoms with van der Waals surface area (Å²) in [7, 11) is 0. The van der Waals surface area contributed by atoms with E-state index in [1.165, 1.54) is 5.56 Å². The molecule has 0 amide bonds. The van der Waals surface area contributed by atoms with Crippen molar-refractivity contribution >= 4 is 33.3 Å². The average molecular weight is 290 g/mol. The number of carbonyl (C=O) groups excluding carboxylic acids is 1. The molecule has 1 rings (SSSR count). The molecule has 3 heteroatoms. The van der Waals surface area contributed by atoms with Crippen LogP contribution in [0.15, 0.2) is 18.2 Å². The second kappa shape index (κ2) is 6.29. The fourth-order valence-electron chi connectivity index (χ4n) is 1.47. The molecular formula is C12H14BrClO. The van der Waals surface area contributed by atoms with Gasteiger partial charge in [-0.05, 0) is 17.5 Å². The molecule has 0 bridgehead atoms. The Morgan fingerprint density at radius 3 is 2.73 bits per heavy atom. The number of benzene rings is 1. The molecule has 0 saturated carbocycles. The minimum Gasteiger partial charge on any atom is -0.294 e. The van der Waals surface area contributed by atoms with Crippen LogP contribution >= 0.6 is 27.5 Å². The highest BCUT2D eigenvalue weighted by Gasteiger charge is 2.10. The summed E-state index contributed by atoms with van der Waals surface area (Å²) < 4.78 is 0. The molecule has 0 heterocycles. The van der Waals surface area contributed by atoms with Crippen molar-refractivity contribution in [1.82, 2.24) is 0 Å². The predicted molar refractivity (Wildman–Crippen MR) is 68.1 cm³/mol. The average Bonchev–Trinajstić information content (AvgIpc) is 2.28. The molecule has 0 aliphatic heterocycles. The Hall–Kier alpha value is -0.340. The van der Waals surface area contributed by atoms with Crippen molar-refractivity contribution in [3.8, 4) is 0 Å². The smallest absolute Gasteiger partial charge is 0.164 e. The minimum atomic E-state index is 0.158. The second-order valence-corrected chi connectivity index (χ2v) is 4.40. The van der Waals surface area contributed by atoms with Crippen LogP contribution in [0.3, 0.4) is 0 Å². The molecule has 82 valence electrons. The number of Topliss-reactive ketones (excluding diaryl/α,β-unsaturated/α-hetero) is 1. The van der Waals surface area contributed by atoms with Crippen molar-refractivity contribution < 1.29 is 4.79 Å². The number of ketones is 1. The molecule has 1 aromatic rings. The number of carbonyl (C=O) groups is 1. The Balaban J connectivity index is 3.02. The fraction of sp³-hybridized carbons (Fsp3) is 0.417. The van der Waals surface area contributed by atoms with Gasteiger partial charge in [0.25, 0.3) is 0 Å². The number of hydrogen-bond donors (Lipinski definition) is 0. The van der Waals surface area contributed by atoms with Gasteiger partial charge in [0.2, 0.25) is 0 Å². The van der Waals surface area contributed by atoms with Crippen LogP contribution in [0.1, 0.15) is 34.8 Å². The highest BCUT2D eigenvalue weighted by atomic mass is 79.9. The van der Waals surface area contributed by atoms with Crippen LogP contribution < -0.4 is 0 Å². The van der Waals surface area contributed by atoms with Crippen LogP contribution in [0.5, 0.6) is 0 Å². The lowest BCUT2D eigenvalue weighted by Gasteiger charge is -2.07. The molecular weight excluding hydrogens is 275 g/mol. The van der Waals surface area contributed by atoms with E-state index in [9.17, 15) is 4.79 Å². The van der Waals surface area contributed by atoms with E-state index in [1.54, 1.807) is 0 Å². The maximum absolute atomic E-state index is 11.7. The lowest BCUT2D eigenvalue weighted by Crippen LogP contribution is -2.04. The third-order valence-corrected chi connectivity index (χ3v) is 3.03. The lowest BCUT2D eigenvalue weighted by molar-refractivity contribution is 0.0989. The molecule has 0 unspecified atom stereocenters. The van der Waals surface area contributed by atoms with E-state index in [1.807, 2.05) is 18.2 Å². The highest BCUT2D eigenvalue weighted by molar-refractivity contribution is 9.09. The summed E-state index contributed by atoms with van der Waals surface area (Å²) in [6.07, 6.45) is 1.49. The number of aryl methyl sites for hydroxylation is 1. The molecule has 0 N–H and O–H groups in total. The fourth-order valence-corrected chi connectivity index (χ4v) is 2.05. The van der Waals surface area contributed by atoms with Gasteiger partial charge >= 0.3 is 0 Å². The summed E-state index contributed by atoms with van der Waals surface area (Å²) in [6, 6.07) is 5.91. The first kappa shape index (κ1) is 12.7. The van der Waals surface area contributed by atoms with Crippen molar-refractivity contribution in [2.45, 2.75) is 25.6 Å². The van der Waals surface area contributed by atoms with Crippen LogP contribution in [0.4, 0.5) is 0 Å². The molecule has 0 aliphatic carbocycles. The Morgan fingerprint density at radius 2 is 2.20 bits per heavy atom. The maximum atomic E-state index is 11.7. The zero-order valence-corrected chi connectivity index (χ0v) is 11.1. The summed E-state index contributed by atoms with van der Waals surface area (Å²) in [5.41, 5.74) is 2.93. The predicted octanol–water partition coefficient (Wildman–Crippen LogP) is 3.96. The van der Waals surface area contributed by atoms with Gasteiger partial charge in [-0.2, -0.15) is 0 Å². The molecule has 1 nitrogen and oxygen atoms in total. The van der Waals surface area contributed by atoms with Gasteiger partial charge in [0.05, 0.1) is 0 Å². The number of halogens is 2. The lowest BCUT2D eigenvalue weighted by atomic mass is 9.99. The maximum Gasteiger partial charge on any atom is 0.164 e. The monoisotopic (exact) mass is 288 g/mol. The molecule has 0 atom stereocenters. The van der Waals surface area contributed by atoms with Crippen molar-refractivity contribution in [3.05, 3.63) is 34.9 Å². The van der Waals surface area contributed by atoms with Gasteiger partial charge in [-0.3, -0.25) is 4.79 Å². The molecule has 0 aliphatic rings. The van der Waals surface area contributed by atoms with Crippen molar-refractivity contribution in [3.63, 3.8) is 0 Å². The molecule has 1 aromatic carbocycles. The van der Waals surface area contributed by atoms with Gasteiger partial charge in [0.15, 0.2) is 5.78 Å². The first-order valence-electron chi connectivity index (χ1n) is 4.99. The molecule has 0 spiro atoms. The van der Waals surface area contributed by atoms with Crippen molar-refractivity contribution in [1.29, 1.82) is 0 Å². The van der Waals surface area contributed by atoms with Gasteiger partial charge in [-0.1, -0.05) is 41.1 Å². The molecule has 0 saturated heterocycles. The quantitative estimate of drug-likeness (QED) is 0.592. The Kier molecular flexibility index (Phi) is 5.34. The molecule has 0 radical (unpaired) electrons. The van der Waals surface area contributed by atoms with Gasteiger partial charge < -0.3 is 0 Å². The SMILES string of the molecule is CCc1ccc(C(=O)CCBr)c(CCl)c1. The molecule has 15 heavy (non-hydrogen) atoms. The topological polar surface area (TPSA) is 17.1 Å². The summed E-state index contributed by atoms with van der Waals surface area (Å²) in [6.45, 7) is 2.09. The van der Waals surface area contributed by atoms with Crippen LogP contribution in [0, 0.1) is 0 Å². The van der Waals surface area contributed by atoms with E-state index in [4.69, 9.17) is 11.6 Å². The van der Waals surface area contributed by atoms with Gasteiger partial charge in [0.1, 0.15) is 0 Å². The summed E-state index contributed by atoms with van der Waals surface area (Å²) in [5, 5.41) is 0.698. The van der Waals surface area contributed by atoms with E-state index >= 15 is 0 Å².